The second-order valence-corrected chi connectivity index (χ2v) is 6.12. The van der Waals surface area contributed by atoms with Crippen LogP contribution in [-0.4, -0.2) is 23.9 Å². The van der Waals surface area contributed by atoms with Crippen LogP contribution in [0.15, 0.2) is 11.4 Å². The van der Waals surface area contributed by atoms with Crippen molar-refractivity contribution < 1.29 is 9.18 Å². The number of piperidine rings is 1. The van der Waals surface area contributed by atoms with Gasteiger partial charge in [0, 0.05) is 13.1 Å². The Morgan fingerprint density at radius 2 is 2.06 bits per heavy atom. The first kappa shape index (κ1) is 11.2. The van der Waals surface area contributed by atoms with E-state index in [2.05, 4.69) is 0 Å². The molecule has 0 aromatic carbocycles. The summed E-state index contributed by atoms with van der Waals surface area (Å²) >= 11 is 1.21. The monoisotopic (exact) mass is 253 g/mol. The first-order chi connectivity index (χ1) is 8.24. The van der Waals surface area contributed by atoms with Gasteiger partial charge in [0.05, 0.1) is 0 Å². The van der Waals surface area contributed by atoms with Crippen molar-refractivity contribution in [1.29, 1.82) is 0 Å². The van der Waals surface area contributed by atoms with E-state index in [4.69, 9.17) is 0 Å². The molecule has 3 rings (SSSR count). The molecule has 2 heterocycles. The number of thiophene rings is 1. The van der Waals surface area contributed by atoms with Crippen molar-refractivity contribution in [3.8, 4) is 0 Å². The lowest BCUT2D eigenvalue weighted by Gasteiger charge is -2.41. The van der Waals surface area contributed by atoms with Crippen LogP contribution < -0.4 is 0 Å². The second-order valence-electron chi connectivity index (χ2n) is 5.21. The zero-order chi connectivity index (χ0) is 11.8. The van der Waals surface area contributed by atoms with Crippen molar-refractivity contribution in [3.63, 3.8) is 0 Å². The highest BCUT2D eigenvalue weighted by atomic mass is 32.1. The topological polar surface area (TPSA) is 20.3 Å². The Kier molecular flexibility index (Phi) is 2.90. The molecular weight excluding hydrogens is 237 g/mol. The molecule has 1 aliphatic carbocycles. The number of carbonyl (C=O) groups is 1. The van der Waals surface area contributed by atoms with Crippen LogP contribution in [0, 0.1) is 17.7 Å². The highest BCUT2D eigenvalue weighted by Gasteiger charge is 2.33. The average molecular weight is 253 g/mol. The van der Waals surface area contributed by atoms with E-state index in [9.17, 15) is 9.18 Å². The van der Waals surface area contributed by atoms with Crippen LogP contribution in [0.3, 0.4) is 0 Å². The lowest BCUT2D eigenvalue weighted by atomic mass is 9.78. The van der Waals surface area contributed by atoms with Gasteiger partial charge in [0.1, 0.15) is 10.7 Å². The van der Waals surface area contributed by atoms with E-state index < -0.39 is 0 Å². The summed E-state index contributed by atoms with van der Waals surface area (Å²) in [5, 5.41) is 1.65. The van der Waals surface area contributed by atoms with Gasteiger partial charge >= 0.3 is 0 Å². The maximum absolute atomic E-state index is 13.4. The molecule has 92 valence electrons. The number of nitrogens with zero attached hydrogens (tertiary/aromatic N) is 1. The Morgan fingerprint density at radius 3 is 2.65 bits per heavy atom. The number of rotatable bonds is 1. The molecule has 1 aromatic rings. The van der Waals surface area contributed by atoms with Gasteiger partial charge in [-0.05, 0) is 42.5 Å². The smallest absolute Gasteiger partial charge is 0.266 e. The Morgan fingerprint density at radius 1 is 1.35 bits per heavy atom. The average Bonchev–Trinajstić information content (AvgIpc) is 2.74. The molecule has 2 nitrogen and oxygen atoms in total. The SMILES string of the molecule is O=C(c1sccc1F)N1CC2CCCC(C2)C1. The molecule has 1 saturated heterocycles. The number of hydrogen-bond acceptors (Lipinski definition) is 2. The molecule has 1 saturated carbocycles. The molecule has 1 aromatic heterocycles. The molecule has 2 fully saturated rings. The van der Waals surface area contributed by atoms with Crippen LogP contribution >= 0.6 is 11.3 Å². The predicted molar refractivity (Wildman–Crippen MR) is 65.6 cm³/mol. The van der Waals surface area contributed by atoms with Gasteiger partial charge in [0.2, 0.25) is 0 Å². The molecule has 0 radical (unpaired) electrons. The Balaban J connectivity index is 1.76. The number of hydrogen-bond donors (Lipinski definition) is 0. The van der Waals surface area contributed by atoms with Crippen LogP contribution in [0.4, 0.5) is 4.39 Å². The van der Waals surface area contributed by atoms with E-state index in [1.807, 2.05) is 4.90 Å². The Hall–Kier alpha value is -0.900. The number of fused-ring (bicyclic) bond motifs is 2. The quantitative estimate of drug-likeness (QED) is 0.753. The van der Waals surface area contributed by atoms with Gasteiger partial charge < -0.3 is 4.90 Å². The molecule has 1 amide bonds. The normalized spacial score (nSPS) is 28.2. The number of likely N-dealkylation sites (tertiary alicyclic amines) is 1. The zero-order valence-corrected chi connectivity index (χ0v) is 10.5. The fraction of sp³-hybridized carbons (Fsp3) is 0.615. The largest absolute Gasteiger partial charge is 0.337 e. The summed E-state index contributed by atoms with van der Waals surface area (Å²) in [7, 11) is 0. The van der Waals surface area contributed by atoms with Gasteiger partial charge in [-0.3, -0.25) is 4.79 Å². The molecule has 2 aliphatic rings. The third-order valence-corrected chi connectivity index (χ3v) is 4.82. The second kappa shape index (κ2) is 4.41. The van der Waals surface area contributed by atoms with Gasteiger partial charge in [0.15, 0.2) is 0 Å². The molecule has 2 unspecified atom stereocenters. The van der Waals surface area contributed by atoms with E-state index in [-0.39, 0.29) is 16.6 Å². The summed E-state index contributed by atoms with van der Waals surface area (Å²) in [5.74, 6) is 0.828. The van der Waals surface area contributed by atoms with Gasteiger partial charge in [-0.15, -0.1) is 11.3 Å². The molecule has 4 heteroatoms. The van der Waals surface area contributed by atoms with E-state index in [1.54, 1.807) is 5.38 Å². The lowest BCUT2D eigenvalue weighted by molar-refractivity contribution is 0.0505. The summed E-state index contributed by atoms with van der Waals surface area (Å²) in [4.78, 5) is 14.4. The minimum Gasteiger partial charge on any atom is -0.337 e. The van der Waals surface area contributed by atoms with Crippen LogP contribution in [0.25, 0.3) is 0 Å². The summed E-state index contributed by atoms with van der Waals surface area (Å²) in [6.45, 7) is 1.65. The standard InChI is InChI=1S/C13H16FNOS/c14-11-4-5-17-12(11)13(16)15-7-9-2-1-3-10(6-9)8-15/h4-5,9-10H,1-3,6-8H2. The van der Waals surface area contributed by atoms with Crippen LogP contribution in [0.5, 0.6) is 0 Å². The van der Waals surface area contributed by atoms with Gasteiger partial charge in [-0.2, -0.15) is 0 Å². The highest BCUT2D eigenvalue weighted by molar-refractivity contribution is 7.12. The Labute approximate surface area is 104 Å². The van der Waals surface area contributed by atoms with E-state index in [1.165, 1.54) is 43.1 Å². The molecule has 0 spiro atoms. The van der Waals surface area contributed by atoms with Crippen molar-refractivity contribution in [1.82, 2.24) is 4.90 Å². The first-order valence-corrected chi connectivity index (χ1v) is 7.14. The maximum Gasteiger partial charge on any atom is 0.266 e. The Bertz CT molecular complexity index is 419. The van der Waals surface area contributed by atoms with Crippen molar-refractivity contribution in [2.45, 2.75) is 25.7 Å². The third kappa shape index (κ3) is 2.10. The van der Waals surface area contributed by atoms with E-state index in [0.29, 0.717) is 11.8 Å². The third-order valence-electron chi connectivity index (χ3n) is 3.95. The van der Waals surface area contributed by atoms with E-state index >= 15 is 0 Å². The lowest BCUT2D eigenvalue weighted by Crippen LogP contribution is -2.45. The zero-order valence-electron chi connectivity index (χ0n) is 9.69. The van der Waals surface area contributed by atoms with Gasteiger partial charge in [-0.1, -0.05) is 6.42 Å². The molecule has 1 aliphatic heterocycles. The van der Waals surface area contributed by atoms with Crippen molar-refractivity contribution in [2.24, 2.45) is 11.8 Å². The van der Waals surface area contributed by atoms with Gasteiger partial charge in [0.25, 0.3) is 5.91 Å². The molecule has 2 bridgehead atoms. The molecule has 0 N–H and O–H groups in total. The maximum atomic E-state index is 13.4. The number of carbonyl (C=O) groups excluding carboxylic acids is 1. The number of amides is 1. The fourth-order valence-electron chi connectivity index (χ4n) is 3.19. The summed E-state index contributed by atoms with van der Waals surface area (Å²) < 4.78 is 13.4. The summed E-state index contributed by atoms with van der Waals surface area (Å²) in [6, 6.07) is 1.38. The first-order valence-electron chi connectivity index (χ1n) is 6.26. The molecular formula is C13H16FNOS. The summed E-state index contributed by atoms with van der Waals surface area (Å²) in [6.07, 6.45) is 5.02. The predicted octanol–water partition coefficient (Wildman–Crippen LogP) is 3.15. The molecule has 17 heavy (non-hydrogen) atoms. The van der Waals surface area contributed by atoms with Crippen molar-refractivity contribution >= 4 is 17.2 Å². The minimum atomic E-state index is -0.365. The molecule has 2 atom stereocenters. The van der Waals surface area contributed by atoms with Gasteiger partial charge in [-0.25, -0.2) is 4.39 Å². The van der Waals surface area contributed by atoms with Crippen molar-refractivity contribution in [3.05, 3.63) is 22.1 Å². The minimum absolute atomic E-state index is 0.103. The number of halogens is 1. The van der Waals surface area contributed by atoms with Crippen LogP contribution in [0.1, 0.15) is 35.4 Å². The van der Waals surface area contributed by atoms with Crippen LogP contribution in [-0.2, 0) is 0 Å². The van der Waals surface area contributed by atoms with Crippen LogP contribution in [0.2, 0.25) is 0 Å². The summed E-state index contributed by atoms with van der Waals surface area (Å²) in [5.41, 5.74) is 0. The van der Waals surface area contributed by atoms with Crippen molar-refractivity contribution in [2.75, 3.05) is 13.1 Å². The fourth-order valence-corrected chi connectivity index (χ4v) is 3.92. The highest BCUT2D eigenvalue weighted by Crippen LogP contribution is 2.35. The van der Waals surface area contributed by atoms with E-state index in [0.717, 1.165) is 13.1 Å².